The highest BCUT2D eigenvalue weighted by atomic mass is 32.2. The second-order valence-electron chi connectivity index (χ2n) is 4.12. The van der Waals surface area contributed by atoms with Gasteiger partial charge in [0, 0.05) is 11.1 Å². The van der Waals surface area contributed by atoms with Gasteiger partial charge in [0.2, 0.25) is 5.91 Å². The number of carbonyl (C=O) groups excluding carboxylic acids is 1. The van der Waals surface area contributed by atoms with Gasteiger partial charge in [0.15, 0.2) is 0 Å². The lowest BCUT2D eigenvalue weighted by atomic mass is 10.3. The van der Waals surface area contributed by atoms with Crippen LogP contribution in [0.5, 0.6) is 0 Å². The summed E-state index contributed by atoms with van der Waals surface area (Å²) in [6, 6.07) is 13.5. The fraction of sp³-hybridized carbons (Fsp3) is 0.200. The molecule has 1 heterocycles. The van der Waals surface area contributed by atoms with Crippen LogP contribution < -0.4 is 5.32 Å². The Labute approximate surface area is 127 Å². The number of hydrogen-bond acceptors (Lipinski definition) is 4. The van der Waals surface area contributed by atoms with Crippen molar-refractivity contribution in [2.24, 2.45) is 0 Å². The molecule has 0 saturated carbocycles. The zero-order valence-corrected chi connectivity index (χ0v) is 13.0. The summed E-state index contributed by atoms with van der Waals surface area (Å²) in [5.41, 5.74) is 0.860. The number of hydrogen-bond donors (Lipinski definition) is 1. The molecule has 1 aromatic heterocycles. The first-order valence-electron chi connectivity index (χ1n) is 6.22. The first kappa shape index (κ1) is 14.9. The third-order valence-electron chi connectivity index (χ3n) is 2.67. The molecule has 1 amide bonds. The molecule has 20 heavy (non-hydrogen) atoms. The van der Waals surface area contributed by atoms with Crippen LogP contribution in [-0.4, -0.2) is 22.4 Å². The number of thioether (sulfide) groups is 2. The summed E-state index contributed by atoms with van der Waals surface area (Å²) in [5.74, 6) is -0.0119. The number of anilines is 1. The van der Waals surface area contributed by atoms with Crippen LogP contribution in [0.4, 0.5) is 5.69 Å². The van der Waals surface area contributed by atoms with Gasteiger partial charge >= 0.3 is 0 Å². The summed E-state index contributed by atoms with van der Waals surface area (Å²) < 4.78 is 0. The largest absolute Gasteiger partial charge is 0.324 e. The van der Waals surface area contributed by atoms with Crippen molar-refractivity contribution in [3.8, 4) is 0 Å². The molecule has 0 saturated heterocycles. The fourth-order valence-electron chi connectivity index (χ4n) is 1.63. The van der Waals surface area contributed by atoms with Gasteiger partial charge in [-0.3, -0.25) is 4.79 Å². The van der Waals surface area contributed by atoms with Gasteiger partial charge in [-0.05, 0) is 37.4 Å². The monoisotopic (exact) mass is 304 g/mol. The van der Waals surface area contributed by atoms with Gasteiger partial charge in [0.1, 0.15) is 0 Å². The summed E-state index contributed by atoms with van der Waals surface area (Å²) in [6.45, 7) is 1.89. The zero-order chi connectivity index (χ0) is 14.4. The average Bonchev–Trinajstić information content (AvgIpc) is 2.48. The number of benzene rings is 1. The second-order valence-corrected chi connectivity index (χ2v) is 6.33. The van der Waals surface area contributed by atoms with Crippen LogP contribution >= 0.6 is 23.5 Å². The maximum Gasteiger partial charge on any atom is 0.237 e. The number of aromatic nitrogens is 1. The van der Waals surface area contributed by atoms with Crippen LogP contribution in [0.15, 0.2) is 58.6 Å². The van der Waals surface area contributed by atoms with Crippen molar-refractivity contribution in [1.82, 2.24) is 4.98 Å². The number of carbonyl (C=O) groups is 1. The highest BCUT2D eigenvalue weighted by molar-refractivity contribution is 8.00. The third-order valence-corrected chi connectivity index (χ3v) is 4.52. The van der Waals surface area contributed by atoms with E-state index in [9.17, 15) is 4.79 Å². The highest BCUT2D eigenvalue weighted by Crippen LogP contribution is 2.26. The average molecular weight is 304 g/mol. The fourth-order valence-corrected chi connectivity index (χ4v) is 2.99. The zero-order valence-electron chi connectivity index (χ0n) is 11.4. The summed E-state index contributed by atoms with van der Waals surface area (Å²) >= 11 is 3.07. The topological polar surface area (TPSA) is 42.0 Å². The number of nitrogens with one attached hydrogen (secondary N) is 1. The molecule has 0 radical (unpaired) electrons. The van der Waals surface area contributed by atoms with Gasteiger partial charge < -0.3 is 5.32 Å². The maximum atomic E-state index is 12.2. The molecule has 2 rings (SSSR count). The molecule has 104 valence electrons. The molecule has 1 atom stereocenters. The summed E-state index contributed by atoms with van der Waals surface area (Å²) in [6.07, 6.45) is 3.73. The molecular formula is C15H16N2OS2. The Morgan fingerprint density at radius 3 is 2.65 bits per heavy atom. The smallest absolute Gasteiger partial charge is 0.237 e. The molecule has 1 unspecified atom stereocenters. The van der Waals surface area contributed by atoms with E-state index in [2.05, 4.69) is 10.3 Å². The Balaban J connectivity index is 2.01. The van der Waals surface area contributed by atoms with Crippen LogP contribution in [0, 0.1) is 0 Å². The van der Waals surface area contributed by atoms with Gasteiger partial charge in [-0.2, -0.15) is 0 Å². The number of para-hydroxylation sites is 1. The van der Waals surface area contributed by atoms with Gasteiger partial charge in [0.25, 0.3) is 0 Å². The van der Waals surface area contributed by atoms with Crippen LogP contribution in [0.25, 0.3) is 0 Å². The molecular weight excluding hydrogens is 288 g/mol. The van der Waals surface area contributed by atoms with E-state index in [4.69, 9.17) is 0 Å². The molecule has 5 heteroatoms. The molecule has 2 aromatic rings. The minimum absolute atomic E-state index is 0.0119. The summed E-state index contributed by atoms with van der Waals surface area (Å²) in [5, 5.41) is 3.63. The van der Waals surface area contributed by atoms with Crippen molar-refractivity contribution in [3.05, 3.63) is 48.7 Å². The minimum atomic E-state index is -0.195. The van der Waals surface area contributed by atoms with E-state index in [-0.39, 0.29) is 11.2 Å². The normalized spacial score (nSPS) is 11.9. The van der Waals surface area contributed by atoms with Gasteiger partial charge in [0.05, 0.1) is 16.0 Å². The summed E-state index contributed by atoms with van der Waals surface area (Å²) in [4.78, 5) is 17.5. The van der Waals surface area contributed by atoms with E-state index in [1.807, 2.05) is 55.6 Å². The van der Waals surface area contributed by atoms with Crippen LogP contribution in [0.3, 0.4) is 0 Å². The Hall–Kier alpha value is -1.46. The van der Waals surface area contributed by atoms with Crippen LogP contribution in [0.2, 0.25) is 0 Å². The molecule has 0 bridgehead atoms. The summed E-state index contributed by atoms with van der Waals surface area (Å²) in [7, 11) is 0. The Bertz CT molecular complexity index is 575. The third kappa shape index (κ3) is 4.02. The first-order chi connectivity index (χ1) is 9.70. The maximum absolute atomic E-state index is 12.2. The van der Waals surface area contributed by atoms with Gasteiger partial charge in [-0.1, -0.05) is 30.0 Å². The Morgan fingerprint density at radius 2 is 1.95 bits per heavy atom. The van der Waals surface area contributed by atoms with Crippen molar-refractivity contribution in [2.45, 2.75) is 22.1 Å². The lowest BCUT2D eigenvalue weighted by molar-refractivity contribution is -0.115. The first-order valence-corrected chi connectivity index (χ1v) is 8.32. The van der Waals surface area contributed by atoms with Crippen molar-refractivity contribution in [3.63, 3.8) is 0 Å². The number of pyridine rings is 1. The standard InChI is InChI=1S/C15H16N2OS2/c1-11(20-14-9-5-6-10-16-14)15(18)17-12-7-3-4-8-13(12)19-2/h3-11H,1-2H3,(H,17,18). The predicted octanol–water partition coefficient (Wildman–Crippen LogP) is 3.92. The van der Waals surface area contributed by atoms with Crippen molar-refractivity contribution >= 4 is 35.1 Å². The molecule has 0 aliphatic rings. The molecule has 0 fully saturated rings. The molecule has 0 aliphatic heterocycles. The van der Waals surface area contributed by atoms with E-state index in [1.54, 1.807) is 18.0 Å². The molecule has 0 aliphatic carbocycles. The molecule has 1 aromatic carbocycles. The molecule has 0 spiro atoms. The van der Waals surface area contributed by atoms with Crippen LogP contribution in [0.1, 0.15) is 6.92 Å². The lowest BCUT2D eigenvalue weighted by Crippen LogP contribution is -2.22. The van der Waals surface area contributed by atoms with E-state index < -0.39 is 0 Å². The van der Waals surface area contributed by atoms with Gasteiger partial charge in [-0.25, -0.2) is 4.98 Å². The van der Waals surface area contributed by atoms with Crippen molar-refractivity contribution in [2.75, 3.05) is 11.6 Å². The van der Waals surface area contributed by atoms with Crippen molar-refractivity contribution < 1.29 is 4.79 Å². The van der Waals surface area contributed by atoms with E-state index in [0.29, 0.717) is 0 Å². The van der Waals surface area contributed by atoms with E-state index in [1.165, 1.54) is 11.8 Å². The Kier molecular flexibility index (Phi) is 5.49. The van der Waals surface area contributed by atoms with Crippen LogP contribution in [-0.2, 0) is 4.79 Å². The van der Waals surface area contributed by atoms with E-state index in [0.717, 1.165) is 15.6 Å². The quantitative estimate of drug-likeness (QED) is 0.850. The highest BCUT2D eigenvalue weighted by Gasteiger charge is 2.16. The van der Waals surface area contributed by atoms with Crippen molar-refractivity contribution in [1.29, 1.82) is 0 Å². The Morgan fingerprint density at radius 1 is 1.20 bits per heavy atom. The minimum Gasteiger partial charge on any atom is -0.324 e. The SMILES string of the molecule is CSc1ccccc1NC(=O)C(C)Sc1ccccn1. The number of rotatable bonds is 5. The predicted molar refractivity (Wildman–Crippen MR) is 86.4 cm³/mol. The molecule has 1 N–H and O–H groups in total. The second kappa shape index (κ2) is 7.36. The number of amides is 1. The lowest BCUT2D eigenvalue weighted by Gasteiger charge is -2.13. The number of nitrogens with zero attached hydrogens (tertiary/aromatic N) is 1. The van der Waals surface area contributed by atoms with Gasteiger partial charge in [-0.15, -0.1) is 11.8 Å². The molecule has 3 nitrogen and oxygen atoms in total. The van der Waals surface area contributed by atoms with E-state index >= 15 is 0 Å².